The summed E-state index contributed by atoms with van der Waals surface area (Å²) in [6.07, 6.45) is 2.38. The lowest BCUT2D eigenvalue weighted by Gasteiger charge is -2.41. The summed E-state index contributed by atoms with van der Waals surface area (Å²) in [5.41, 5.74) is 8.45. The number of nitrogens with two attached hydrogens (primary N) is 1. The van der Waals surface area contributed by atoms with Gasteiger partial charge in [0.1, 0.15) is 0 Å². The second-order valence-electron chi connectivity index (χ2n) is 5.55. The van der Waals surface area contributed by atoms with E-state index in [4.69, 9.17) is 5.73 Å². The molecule has 1 saturated carbocycles. The molecule has 3 nitrogen and oxygen atoms in total. The molecule has 3 N–H and O–H groups in total. The topological polar surface area (TPSA) is 50.4 Å². The van der Waals surface area contributed by atoms with Crippen LogP contribution in [-0.4, -0.2) is 12.0 Å². The Hall–Kier alpha value is -1.51. The fraction of sp³-hybridized carbons (Fsp3) is 0.500. The molecule has 17 heavy (non-hydrogen) atoms. The Morgan fingerprint density at radius 3 is 2.76 bits per heavy atom. The summed E-state index contributed by atoms with van der Waals surface area (Å²) in [4.78, 5) is 4.54. The molecule has 1 atom stereocenters. The van der Waals surface area contributed by atoms with Gasteiger partial charge in [-0.15, -0.1) is 0 Å². The molecule has 1 unspecified atom stereocenters. The Balaban J connectivity index is 2.02. The molecule has 0 radical (unpaired) electrons. The lowest BCUT2D eigenvalue weighted by atomic mass is 9.68. The number of aryl methyl sites for hydroxylation is 1. The van der Waals surface area contributed by atoms with E-state index in [-0.39, 0.29) is 0 Å². The number of hydrogen-bond acceptors (Lipinski definition) is 1. The minimum atomic E-state index is 0.304. The SMILES string of the molecule is Cc1cccc(NC(N)=NC2CCC2(C)C)c1. The van der Waals surface area contributed by atoms with E-state index in [2.05, 4.69) is 43.2 Å². The van der Waals surface area contributed by atoms with Crippen molar-refractivity contribution in [1.82, 2.24) is 0 Å². The van der Waals surface area contributed by atoms with Crippen molar-refractivity contribution >= 4 is 11.6 Å². The van der Waals surface area contributed by atoms with E-state index in [1.54, 1.807) is 0 Å². The number of hydrogen-bond donors (Lipinski definition) is 2. The summed E-state index contributed by atoms with van der Waals surface area (Å²) in [5, 5.41) is 3.15. The van der Waals surface area contributed by atoms with Crippen LogP contribution < -0.4 is 11.1 Å². The molecule has 2 rings (SSSR count). The van der Waals surface area contributed by atoms with Crippen molar-refractivity contribution in [1.29, 1.82) is 0 Å². The second kappa shape index (κ2) is 4.40. The average molecular weight is 231 g/mol. The van der Waals surface area contributed by atoms with Crippen LogP contribution in [0.3, 0.4) is 0 Å². The summed E-state index contributed by atoms with van der Waals surface area (Å²) >= 11 is 0. The first-order chi connectivity index (χ1) is 7.97. The fourth-order valence-electron chi connectivity index (χ4n) is 2.16. The summed E-state index contributed by atoms with van der Waals surface area (Å²) in [5.74, 6) is 0.522. The number of guanidine groups is 1. The van der Waals surface area contributed by atoms with E-state index < -0.39 is 0 Å². The van der Waals surface area contributed by atoms with Crippen LogP contribution in [0, 0.1) is 12.3 Å². The Labute approximate surface area is 103 Å². The highest BCUT2D eigenvalue weighted by Crippen LogP contribution is 2.42. The molecule has 1 aliphatic rings. The Morgan fingerprint density at radius 2 is 2.24 bits per heavy atom. The molecule has 1 aromatic rings. The van der Waals surface area contributed by atoms with Gasteiger partial charge in [0.15, 0.2) is 5.96 Å². The van der Waals surface area contributed by atoms with E-state index in [1.807, 2.05) is 12.1 Å². The summed E-state index contributed by atoms with van der Waals surface area (Å²) in [6.45, 7) is 6.54. The van der Waals surface area contributed by atoms with Gasteiger partial charge in [0.2, 0.25) is 0 Å². The van der Waals surface area contributed by atoms with Gasteiger partial charge in [0.05, 0.1) is 6.04 Å². The standard InChI is InChI=1S/C14H21N3/c1-10-5-4-6-11(9-10)16-13(15)17-12-7-8-14(12,2)3/h4-6,9,12H,7-8H2,1-3H3,(H3,15,16,17). The Kier molecular flexibility index (Phi) is 3.09. The van der Waals surface area contributed by atoms with Crippen molar-refractivity contribution in [3.05, 3.63) is 29.8 Å². The first-order valence-electron chi connectivity index (χ1n) is 6.14. The van der Waals surface area contributed by atoms with Crippen LogP contribution in [0.25, 0.3) is 0 Å². The predicted molar refractivity (Wildman–Crippen MR) is 73.2 cm³/mol. The van der Waals surface area contributed by atoms with E-state index in [0.29, 0.717) is 17.4 Å². The molecule has 1 aliphatic carbocycles. The lowest BCUT2D eigenvalue weighted by molar-refractivity contribution is 0.145. The summed E-state index contributed by atoms with van der Waals surface area (Å²) < 4.78 is 0. The van der Waals surface area contributed by atoms with Gasteiger partial charge in [0.25, 0.3) is 0 Å². The molecule has 0 saturated heterocycles. The number of anilines is 1. The maximum absolute atomic E-state index is 5.93. The Morgan fingerprint density at radius 1 is 1.47 bits per heavy atom. The quantitative estimate of drug-likeness (QED) is 0.607. The van der Waals surface area contributed by atoms with Gasteiger partial charge in [-0.3, -0.25) is 0 Å². The van der Waals surface area contributed by atoms with E-state index in [9.17, 15) is 0 Å². The van der Waals surface area contributed by atoms with Gasteiger partial charge < -0.3 is 11.1 Å². The van der Waals surface area contributed by atoms with Crippen LogP contribution >= 0.6 is 0 Å². The molecule has 0 amide bonds. The third-order valence-corrected chi connectivity index (χ3v) is 3.55. The zero-order valence-corrected chi connectivity index (χ0v) is 10.8. The molecular formula is C14H21N3. The molecule has 92 valence electrons. The van der Waals surface area contributed by atoms with E-state index in [0.717, 1.165) is 12.1 Å². The normalized spacial score (nSPS) is 23.0. The van der Waals surface area contributed by atoms with Crippen molar-refractivity contribution in [2.45, 2.75) is 39.7 Å². The second-order valence-corrected chi connectivity index (χ2v) is 5.55. The monoisotopic (exact) mass is 231 g/mol. The highest BCUT2D eigenvalue weighted by Gasteiger charge is 2.38. The average Bonchev–Trinajstić information content (AvgIpc) is 2.25. The number of benzene rings is 1. The number of nitrogens with zero attached hydrogens (tertiary/aromatic N) is 1. The van der Waals surface area contributed by atoms with Crippen LogP contribution in [-0.2, 0) is 0 Å². The van der Waals surface area contributed by atoms with Crippen molar-refractivity contribution in [2.75, 3.05) is 5.32 Å². The largest absolute Gasteiger partial charge is 0.370 e. The van der Waals surface area contributed by atoms with Crippen molar-refractivity contribution in [3.8, 4) is 0 Å². The van der Waals surface area contributed by atoms with Gasteiger partial charge in [-0.25, -0.2) is 4.99 Å². The first-order valence-corrected chi connectivity index (χ1v) is 6.14. The smallest absolute Gasteiger partial charge is 0.193 e. The minimum absolute atomic E-state index is 0.304. The maximum atomic E-state index is 5.93. The van der Waals surface area contributed by atoms with Gasteiger partial charge in [-0.1, -0.05) is 26.0 Å². The van der Waals surface area contributed by atoms with Gasteiger partial charge in [-0.2, -0.15) is 0 Å². The van der Waals surface area contributed by atoms with Gasteiger partial charge in [0, 0.05) is 5.69 Å². The van der Waals surface area contributed by atoms with Crippen molar-refractivity contribution in [3.63, 3.8) is 0 Å². The number of aliphatic imine (C=N–C) groups is 1. The highest BCUT2D eigenvalue weighted by molar-refractivity contribution is 5.92. The zero-order chi connectivity index (χ0) is 12.5. The molecule has 0 aromatic heterocycles. The fourth-order valence-corrected chi connectivity index (χ4v) is 2.16. The highest BCUT2D eigenvalue weighted by atomic mass is 15.1. The maximum Gasteiger partial charge on any atom is 0.193 e. The van der Waals surface area contributed by atoms with Gasteiger partial charge >= 0.3 is 0 Å². The van der Waals surface area contributed by atoms with Crippen LogP contribution in [0.2, 0.25) is 0 Å². The van der Waals surface area contributed by atoms with Crippen LogP contribution in [0.15, 0.2) is 29.3 Å². The summed E-state index contributed by atoms with van der Waals surface area (Å²) in [7, 11) is 0. The van der Waals surface area contributed by atoms with Crippen molar-refractivity contribution in [2.24, 2.45) is 16.1 Å². The van der Waals surface area contributed by atoms with Gasteiger partial charge in [-0.05, 0) is 42.9 Å². The van der Waals surface area contributed by atoms with Crippen LogP contribution in [0.4, 0.5) is 5.69 Å². The van der Waals surface area contributed by atoms with Crippen LogP contribution in [0.5, 0.6) is 0 Å². The molecule has 0 spiro atoms. The predicted octanol–water partition coefficient (Wildman–Crippen LogP) is 2.91. The third kappa shape index (κ3) is 2.78. The lowest BCUT2D eigenvalue weighted by Crippen LogP contribution is -2.40. The molecular weight excluding hydrogens is 210 g/mol. The number of nitrogens with one attached hydrogen (secondary N) is 1. The zero-order valence-electron chi connectivity index (χ0n) is 10.8. The molecule has 1 aromatic carbocycles. The van der Waals surface area contributed by atoms with E-state index >= 15 is 0 Å². The minimum Gasteiger partial charge on any atom is -0.370 e. The molecule has 0 aliphatic heterocycles. The van der Waals surface area contributed by atoms with Crippen molar-refractivity contribution < 1.29 is 0 Å². The molecule has 0 heterocycles. The first kappa shape index (κ1) is 12.0. The molecule has 0 bridgehead atoms. The van der Waals surface area contributed by atoms with Crippen LogP contribution in [0.1, 0.15) is 32.3 Å². The number of rotatable bonds is 2. The molecule has 3 heteroatoms. The molecule has 1 fully saturated rings. The Bertz CT molecular complexity index is 435. The summed E-state index contributed by atoms with van der Waals surface area (Å²) in [6, 6.07) is 8.50. The third-order valence-electron chi connectivity index (χ3n) is 3.55. The van der Waals surface area contributed by atoms with E-state index in [1.165, 1.54) is 12.0 Å².